The van der Waals surface area contributed by atoms with E-state index in [1.54, 1.807) is 0 Å². The normalized spacial score (nSPS) is 54.6. The van der Waals surface area contributed by atoms with E-state index in [2.05, 4.69) is 13.8 Å². The summed E-state index contributed by atoms with van der Waals surface area (Å²) in [6.07, 6.45) is 8.56. The molecular formula is C19H30O3. The van der Waals surface area contributed by atoms with E-state index < -0.39 is 6.10 Å². The summed E-state index contributed by atoms with van der Waals surface area (Å²) in [6, 6.07) is 0. The molecule has 0 aromatic carbocycles. The predicted molar refractivity (Wildman–Crippen MR) is 85.4 cm³/mol. The number of aliphatic hydroxyl groups excluding tert-OH is 3. The summed E-state index contributed by atoms with van der Waals surface area (Å²) in [5.74, 6) is 2.22. The molecule has 3 nitrogen and oxygen atoms in total. The number of allylic oxidation sites excluding steroid dienone is 1. The molecule has 0 aromatic heterocycles. The largest absolute Gasteiger partial charge is 0.508 e. The van der Waals surface area contributed by atoms with Crippen molar-refractivity contribution < 1.29 is 15.3 Å². The van der Waals surface area contributed by atoms with Crippen LogP contribution in [0, 0.1) is 34.5 Å². The summed E-state index contributed by atoms with van der Waals surface area (Å²) in [6.45, 7) is 4.64. The zero-order valence-electron chi connectivity index (χ0n) is 13.9. The van der Waals surface area contributed by atoms with Gasteiger partial charge in [-0.1, -0.05) is 20.3 Å². The fraction of sp³-hybridized carbons (Fsp3) is 0.895. The molecule has 0 amide bonds. The van der Waals surface area contributed by atoms with Gasteiger partial charge >= 0.3 is 0 Å². The van der Waals surface area contributed by atoms with Crippen molar-refractivity contribution in [3.8, 4) is 0 Å². The average Bonchev–Trinajstić information content (AvgIpc) is 2.89. The highest BCUT2D eigenvalue weighted by molar-refractivity contribution is 5.23. The fourth-order valence-corrected chi connectivity index (χ4v) is 6.97. The Kier molecular flexibility index (Phi) is 3.15. The van der Waals surface area contributed by atoms with Gasteiger partial charge in [-0.15, -0.1) is 0 Å². The van der Waals surface area contributed by atoms with Gasteiger partial charge in [-0.2, -0.15) is 0 Å². The van der Waals surface area contributed by atoms with Crippen LogP contribution >= 0.6 is 0 Å². The van der Waals surface area contributed by atoms with Crippen LogP contribution in [0.15, 0.2) is 11.5 Å². The lowest BCUT2D eigenvalue weighted by Gasteiger charge is -2.59. The highest BCUT2D eigenvalue weighted by Gasteiger charge is 2.60. The summed E-state index contributed by atoms with van der Waals surface area (Å²) in [7, 11) is 0. The molecule has 0 saturated heterocycles. The zero-order chi connectivity index (χ0) is 15.7. The van der Waals surface area contributed by atoms with E-state index in [4.69, 9.17) is 0 Å². The second-order valence-electron chi connectivity index (χ2n) is 9.00. The van der Waals surface area contributed by atoms with Gasteiger partial charge in [0.1, 0.15) is 11.9 Å². The van der Waals surface area contributed by atoms with Gasteiger partial charge in [-0.25, -0.2) is 0 Å². The number of fused-ring (bicyclic) bond motifs is 5. The lowest BCUT2D eigenvalue weighted by atomic mass is 9.46. The Bertz CT molecular complexity index is 513. The summed E-state index contributed by atoms with van der Waals surface area (Å²) in [5.41, 5.74) is 0.191. The van der Waals surface area contributed by atoms with Crippen LogP contribution in [0.5, 0.6) is 0 Å². The van der Waals surface area contributed by atoms with E-state index in [1.807, 2.05) is 0 Å². The Labute approximate surface area is 133 Å². The first-order chi connectivity index (χ1) is 10.4. The lowest BCUT2D eigenvalue weighted by molar-refractivity contribution is -0.108. The topological polar surface area (TPSA) is 60.7 Å². The third-order valence-electron chi connectivity index (χ3n) is 8.26. The van der Waals surface area contributed by atoms with Gasteiger partial charge < -0.3 is 15.3 Å². The quantitative estimate of drug-likeness (QED) is 0.624. The minimum absolute atomic E-state index is 0.104. The molecule has 0 radical (unpaired) electrons. The van der Waals surface area contributed by atoms with Crippen molar-refractivity contribution in [1.82, 2.24) is 0 Å². The van der Waals surface area contributed by atoms with E-state index in [1.165, 1.54) is 32.1 Å². The highest BCUT2D eigenvalue weighted by Crippen LogP contribution is 2.66. The maximum atomic E-state index is 10.7. The molecule has 7 atom stereocenters. The van der Waals surface area contributed by atoms with E-state index in [9.17, 15) is 15.3 Å². The van der Waals surface area contributed by atoms with Crippen LogP contribution in [0.4, 0.5) is 0 Å². The minimum atomic E-state index is -0.866. The van der Waals surface area contributed by atoms with Crippen LogP contribution in [-0.4, -0.2) is 21.4 Å². The van der Waals surface area contributed by atoms with Crippen molar-refractivity contribution in [2.75, 3.05) is 0 Å². The predicted octanol–water partition coefficient (Wildman–Crippen LogP) is 4.33. The van der Waals surface area contributed by atoms with Crippen molar-refractivity contribution >= 4 is 0 Å². The van der Waals surface area contributed by atoms with Gasteiger partial charge in [-0.3, -0.25) is 0 Å². The second-order valence-corrected chi connectivity index (χ2v) is 9.00. The molecule has 0 aromatic rings. The maximum Gasteiger partial charge on any atom is 0.159 e. The summed E-state index contributed by atoms with van der Waals surface area (Å²) in [5, 5.41) is 30.9. The summed E-state index contributed by atoms with van der Waals surface area (Å²) >= 11 is 0. The number of aliphatic hydroxyl groups is 3. The average molecular weight is 306 g/mol. The molecule has 4 aliphatic rings. The van der Waals surface area contributed by atoms with Crippen LogP contribution in [0.2, 0.25) is 0 Å². The fourth-order valence-electron chi connectivity index (χ4n) is 6.97. The zero-order valence-corrected chi connectivity index (χ0v) is 13.9. The van der Waals surface area contributed by atoms with Crippen molar-refractivity contribution in [2.24, 2.45) is 34.5 Å². The molecule has 3 heteroatoms. The molecule has 22 heavy (non-hydrogen) atoms. The van der Waals surface area contributed by atoms with E-state index in [0.29, 0.717) is 29.6 Å². The monoisotopic (exact) mass is 306 g/mol. The Hall–Kier alpha value is -0.700. The number of hydrogen-bond acceptors (Lipinski definition) is 3. The third-order valence-corrected chi connectivity index (χ3v) is 8.26. The smallest absolute Gasteiger partial charge is 0.159 e. The van der Waals surface area contributed by atoms with Gasteiger partial charge in [-0.05, 0) is 74.0 Å². The van der Waals surface area contributed by atoms with Gasteiger partial charge in [0.2, 0.25) is 0 Å². The summed E-state index contributed by atoms with van der Waals surface area (Å²) in [4.78, 5) is 0. The first kappa shape index (κ1) is 14.9. The maximum absolute atomic E-state index is 10.7. The van der Waals surface area contributed by atoms with Crippen molar-refractivity contribution in [3.05, 3.63) is 11.5 Å². The van der Waals surface area contributed by atoms with Crippen LogP contribution in [0.1, 0.15) is 65.2 Å². The van der Waals surface area contributed by atoms with Gasteiger partial charge in [0.15, 0.2) is 5.76 Å². The second kappa shape index (κ2) is 4.66. The molecule has 1 unspecified atom stereocenters. The standard InChI is InChI=1S/C19H30O3/c1-18-8-3-4-13(18)12-6-5-11-10-15(20)16(21)17(22)19(11,2)14(12)7-9-18/h11-15,20-22H,3-10H2,1-2H3/t11-,12+,13+,14+,15?,18+,19+/m1/s1. The van der Waals surface area contributed by atoms with Crippen molar-refractivity contribution in [2.45, 2.75) is 71.3 Å². The Balaban J connectivity index is 1.74. The van der Waals surface area contributed by atoms with E-state index in [0.717, 1.165) is 18.8 Å². The first-order valence-electron chi connectivity index (χ1n) is 9.18. The van der Waals surface area contributed by atoms with Crippen LogP contribution in [0.25, 0.3) is 0 Å². The van der Waals surface area contributed by atoms with Gasteiger partial charge in [0.05, 0.1) is 0 Å². The highest BCUT2D eigenvalue weighted by atomic mass is 16.3. The lowest BCUT2D eigenvalue weighted by Crippen LogP contribution is -2.54. The molecule has 0 heterocycles. The van der Waals surface area contributed by atoms with Crippen LogP contribution in [-0.2, 0) is 0 Å². The molecular weight excluding hydrogens is 276 g/mol. The Morgan fingerprint density at radius 3 is 2.50 bits per heavy atom. The van der Waals surface area contributed by atoms with Gasteiger partial charge in [0, 0.05) is 5.41 Å². The number of rotatable bonds is 0. The van der Waals surface area contributed by atoms with Gasteiger partial charge in [0.25, 0.3) is 0 Å². The molecule has 3 N–H and O–H groups in total. The molecule has 0 bridgehead atoms. The third kappa shape index (κ3) is 1.72. The minimum Gasteiger partial charge on any atom is -0.508 e. The Morgan fingerprint density at radius 2 is 1.73 bits per heavy atom. The van der Waals surface area contributed by atoms with E-state index in [-0.39, 0.29) is 16.9 Å². The van der Waals surface area contributed by atoms with E-state index >= 15 is 0 Å². The van der Waals surface area contributed by atoms with Crippen LogP contribution in [0.3, 0.4) is 0 Å². The molecule has 124 valence electrons. The first-order valence-corrected chi connectivity index (χ1v) is 9.18. The number of hydrogen-bond donors (Lipinski definition) is 3. The summed E-state index contributed by atoms with van der Waals surface area (Å²) < 4.78 is 0. The Morgan fingerprint density at radius 1 is 0.955 bits per heavy atom. The molecule has 3 saturated carbocycles. The molecule has 0 aliphatic heterocycles. The van der Waals surface area contributed by atoms with Crippen molar-refractivity contribution in [3.63, 3.8) is 0 Å². The molecule has 4 rings (SSSR count). The molecule has 0 spiro atoms. The molecule has 4 aliphatic carbocycles. The van der Waals surface area contributed by atoms with Crippen molar-refractivity contribution in [1.29, 1.82) is 0 Å². The SMILES string of the molecule is C[C@@]12CCC[C@H]1[C@@H]1CC[C@@H]3CC(O)C(O)=C(O)[C@]3(C)[C@H]1CC2. The van der Waals surface area contributed by atoms with Crippen LogP contribution < -0.4 is 0 Å². The molecule has 3 fully saturated rings.